The summed E-state index contributed by atoms with van der Waals surface area (Å²) >= 11 is 0. The van der Waals surface area contributed by atoms with E-state index in [1.54, 1.807) is 0 Å². The summed E-state index contributed by atoms with van der Waals surface area (Å²) in [5.41, 5.74) is 2.69. The van der Waals surface area contributed by atoms with Gasteiger partial charge < -0.3 is 14.6 Å². The van der Waals surface area contributed by atoms with Crippen LogP contribution >= 0.6 is 0 Å². The van der Waals surface area contributed by atoms with Gasteiger partial charge in [0.1, 0.15) is 5.52 Å². The van der Waals surface area contributed by atoms with Crippen LogP contribution in [0.4, 0.5) is 6.01 Å². The zero-order chi connectivity index (χ0) is 16.4. The number of carbonyl (C=O) groups excluding carboxylic acids is 1. The Morgan fingerprint density at radius 2 is 1.92 bits per heavy atom. The van der Waals surface area contributed by atoms with Crippen molar-refractivity contribution in [3.05, 3.63) is 60.2 Å². The van der Waals surface area contributed by atoms with E-state index >= 15 is 0 Å². The Labute approximate surface area is 140 Å². The van der Waals surface area contributed by atoms with E-state index in [-0.39, 0.29) is 11.9 Å². The first-order chi connectivity index (χ1) is 11.8. The Kier molecular flexibility index (Phi) is 3.91. The van der Waals surface area contributed by atoms with E-state index in [9.17, 15) is 4.79 Å². The number of hydrogen-bond donors (Lipinski definition) is 1. The predicted octanol–water partition coefficient (Wildman–Crippen LogP) is 3.60. The van der Waals surface area contributed by atoms with Gasteiger partial charge in [-0.3, -0.25) is 4.79 Å². The van der Waals surface area contributed by atoms with E-state index in [0.717, 1.165) is 29.6 Å². The third-order valence-corrected chi connectivity index (χ3v) is 4.37. The van der Waals surface area contributed by atoms with E-state index in [2.05, 4.69) is 22.4 Å². The Morgan fingerprint density at radius 1 is 1.12 bits per heavy atom. The topological polar surface area (TPSA) is 58.4 Å². The molecule has 0 spiro atoms. The molecule has 2 heterocycles. The number of nitrogens with one attached hydrogen (secondary N) is 1. The van der Waals surface area contributed by atoms with Crippen LogP contribution in [0.1, 0.15) is 24.4 Å². The summed E-state index contributed by atoms with van der Waals surface area (Å²) in [5.74, 6) is 0.218. The summed E-state index contributed by atoms with van der Waals surface area (Å²) in [4.78, 5) is 18.4. The van der Waals surface area contributed by atoms with Crippen LogP contribution < -0.4 is 5.32 Å². The molecule has 1 amide bonds. The second kappa shape index (κ2) is 6.35. The number of benzene rings is 2. The molecule has 1 aliphatic rings. The molecule has 0 aliphatic carbocycles. The lowest BCUT2D eigenvalue weighted by molar-refractivity contribution is -0.127. The maximum absolute atomic E-state index is 12.0. The predicted molar refractivity (Wildman–Crippen MR) is 92.6 cm³/mol. The first-order valence-electron chi connectivity index (χ1n) is 8.24. The largest absolute Gasteiger partial charge is 0.424 e. The smallest absolute Gasteiger partial charge is 0.296 e. The van der Waals surface area contributed by atoms with Gasteiger partial charge in [-0.2, -0.15) is 4.98 Å². The SMILES string of the molecule is O=C1CCCN1CC(Nc1nc2ccccc2o1)c1ccccc1. The molecule has 1 saturated heterocycles. The maximum Gasteiger partial charge on any atom is 0.296 e. The molecule has 1 fully saturated rings. The summed E-state index contributed by atoms with van der Waals surface area (Å²) in [6.45, 7) is 1.43. The summed E-state index contributed by atoms with van der Waals surface area (Å²) in [6.07, 6.45) is 1.58. The third-order valence-electron chi connectivity index (χ3n) is 4.37. The van der Waals surface area contributed by atoms with Crippen molar-refractivity contribution in [3.8, 4) is 0 Å². The minimum absolute atomic E-state index is 0.0543. The zero-order valence-corrected chi connectivity index (χ0v) is 13.3. The molecule has 1 aromatic heterocycles. The monoisotopic (exact) mass is 321 g/mol. The van der Waals surface area contributed by atoms with Gasteiger partial charge in [0.15, 0.2) is 5.58 Å². The van der Waals surface area contributed by atoms with Crippen molar-refractivity contribution in [1.82, 2.24) is 9.88 Å². The first-order valence-corrected chi connectivity index (χ1v) is 8.24. The molecule has 2 aromatic carbocycles. The number of rotatable bonds is 5. The van der Waals surface area contributed by atoms with Crippen molar-refractivity contribution in [3.63, 3.8) is 0 Å². The van der Waals surface area contributed by atoms with Crippen LogP contribution in [-0.4, -0.2) is 28.9 Å². The van der Waals surface area contributed by atoms with Crippen molar-refractivity contribution >= 4 is 23.0 Å². The fourth-order valence-electron chi connectivity index (χ4n) is 3.12. The van der Waals surface area contributed by atoms with Crippen LogP contribution in [0.15, 0.2) is 59.0 Å². The normalized spacial score (nSPS) is 15.8. The molecule has 1 N–H and O–H groups in total. The van der Waals surface area contributed by atoms with Gasteiger partial charge in [0.25, 0.3) is 6.01 Å². The van der Waals surface area contributed by atoms with Crippen molar-refractivity contribution < 1.29 is 9.21 Å². The van der Waals surface area contributed by atoms with Crippen LogP contribution in [0.25, 0.3) is 11.1 Å². The highest BCUT2D eigenvalue weighted by Gasteiger charge is 2.25. The number of nitrogens with zero attached hydrogens (tertiary/aromatic N) is 2. The summed E-state index contributed by atoms with van der Waals surface area (Å²) in [6, 6.07) is 18.2. The Balaban J connectivity index is 1.60. The van der Waals surface area contributed by atoms with Crippen LogP contribution in [0.3, 0.4) is 0 Å². The number of amides is 1. The van der Waals surface area contributed by atoms with Gasteiger partial charge in [0, 0.05) is 19.5 Å². The molecule has 24 heavy (non-hydrogen) atoms. The third kappa shape index (κ3) is 2.97. The van der Waals surface area contributed by atoms with Gasteiger partial charge in [0.2, 0.25) is 5.91 Å². The van der Waals surface area contributed by atoms with E-state index in [0.29, 0.717) is 19.0 Å². The lowest BCUT2D eigenvalue weighted by atomic mass is 10.1. The number of likely N-dealkylation sites (tertiary alicyclic amines) is 1. The Hall–Kier alpha value is -2.82. The second-order valence-corrected chi connectivity index (χ2v) is 6.04. The molecule has 5 nitrogen and oxygen atoms in total. The minimum atomic E-state index is -0.0543. The number of para-hydroxylation sites is 2. The molecule has 5 heteroatoms. The number of fused-ring (bicyclic) bond motifs is 1. The molecule has 1 atom stereocenters. The quantitative estimate of drug-likeness (QED) is 0.780. The lowest BCUT2D eigenvalue weighted by Gasteiger charge is -2.24. The molecule has 3 aromatic rings. The highest BCUT2D eigenvalue weighted by atomic mass is 16.4. The molecule has 1 aliphatic heterocycles. The van der Waals surface area contributed by atoms with Gasteiger partial charge in [-0.25, -0.2) is 0 Å². The fourth-order valence-corrected chi connectivity index (χ4v) is 3.12. The molecular weight excluding hydrogens is 302 g/mol. The molecule has 4 rings (SSSR count). The number of oxazole rings is 1. The number of aromatic nitrogens is 1. The summed E-state index contributed by atoms with van der Waals surface area (Å²) in [7, 11) is 0. The molecule has 0 bridgehead atoms. The molecule has 0 saturated carbocycles. The average molecular weight is 321 g/mol. The molecule has 122 valence electrons. The van der Waals surface area contributed by atoms with Crippen molar-refractivity contribution in [2.75, 3.05) is 18.4 Å². The van der Waals surface area contributed by atoms with Gasteiger partial charge in [0.05, 0.1) is 6.04 Å². The van der Waals surface area contributed by atoms with Crippen LogP contribution in [-0.2, 0) is 4.79 Å². The van der Waals surface area contributed by atoms with Crippen molar-refractivity contribution in [1.29, 1.82) is 0 Å². The molecular formula is C19H19N3O2. The second-order valence-electron chi connectivity index (χ2n) is 6.04. The first kappa shape index (κ1) is 14.8. The van der Waals surface area contributed by atoms with E-state index in [4.69, 9.17) is 4.42 Å². The van der Waals surface area contributed by atoms with E-state index in [1.165, 1.54) is 0 Å². The van der Waals surface area contributed by atoms with E-state index < -0.39 is 0 Å². The minimum Gasteiger partial charge on any atom is -0.424 e. The highest BCUT2D eigenvalue weighted by molar-refractivity contribution is 5.78. The van der Waals surface area contributed by atoms with Gasteiger partial charge >= 0.3 is 0 Å². The van der Waals surface area contributed by atoms with Crippen molar-refractivity contribution in [2.45, 2.75) is 18.9 Å². The zero-order valence-electron chi connectivity index (χ0n) is 13.3. The van der Waals surface area contributed by atoms with Gasteiger partial charge in [-0.1, -0.05) is 42.5 Å². The number of carbonyl (C=O) groups is 1. The van der Waals surface area contributed by atoms with Crippen molar-refractivity contribution in [2.24, 2.45) is 0 Å². The fraction of sp³-hybridized carbons (Fsp3) is 0.263. The summed E-state index contributed by atoms with van der Waals surface area (Å²) in [5, 5.41) is 3.36. The average Bonchev–Trinajstić information content (AvgIpc) is 3.21. The van der Waals surface area contributed by atoms with Gasteiger partial charge in [-0.15, -0.1) is 0 Å². The van der Waals surface area contributed by atoms with E-state index in [1.807, 2.05) is 47.4 Å². The number of anilines is 1. The summed E-state index contributed by atoms with van der Waals surface area (Å²) < 4.78 is 5.79. The Morgan fingerprint density at radius 3 is 2.67 bits per heavy atom. The maximum atomic E-state index is 12.0. The van der Waals surface area contributed by atoms with Gasteiger partial charge in [-0.05, 0) is 24.1 Å². The molecule has 0 radical (unpaired) electrons. The van der Waals surface area contributed by atoms with Crippen LogP contribution in [0.2, 0.25) is 0 Å². The lowest BCUT2D eigenvalue weighted by Crippen LogP contribution is -2.32. The number of hydrogen-bond acceptors (Lipinski definition) is 4. The standard InChI is InChI=1S/C19H19N3O2/c23-18-11-6-12-22(18)13-16(14-7-2-1-3-8-14)21-19-20-15-9-4-5-10-17(15)24-19/h1-5,7-10,16H,6,11-13H2,(H,20,21). The highest BCUT2D eigenvalue weighted by Crippen LogP contribution is 2.25. The Bertz CT molecular complexity index is 811. The molecule has 1 unspecified atom stereocenters. The van der Waals surface area contributed by atoms with Crippen LogP contribution in [0, 0.1) is 0 Å². The van der Waals surface area contributed by atoms with Crippen LogP contribution in [0.5, 0.6) is 0 Å².